The highest BCUT2D eigenvalue weighted by atomic mass is 15.0. The molecule has 0 atom stereocenters. The van der Waals surface area contributed by atoms with E-state index in [0.717, 1.165) is 16.9 Å². The molecule has 1 heterocycles. The molecule has 0 bridgehead atoms. The number of fused-ring (bicyclic) bond motifs is 1. The van der Waals surface area contributed by atoms with Gasteiger partial charge in [-0.1, -0.05) is 0 Å². The number of aromatic nitrogens is 2. The van der Waals surface area contributed by atoms with E-state index in [2.05, 4.69) is 11.1 Å². The van der Waals surface area contributed by atoms with Gasteiger partial charge >= 0.3 is 0 Å². The van der Waals surface area contributed by atoms with Gasteiger partial charge < -0.3 is 4.57 Å². The molecular formula is C10H9N3. The number of aryl methyl sites for hydroxylation is 2. The molecule has 0 fully saturated rings. The van der Waals surface area contributed by atoms with Crippen molar-refractivity contribution in [3.05, 3.63) is 29.6 Å². The normalized spacial score (nSPS) is 10.2. The fourth-order valence-electron chi connectivity index (χ4n) is 1.39. The summed E-state index contributed by atoms with van der Waals surface area (Å²) in [6.45, 7) is 1.95. The van der Waals surface area contributed by atoms with Crippen LogP contribution in [0.2, 0.25) is 0 Å². The van der Waals surface area contributed by atoms with Crippen LogP contribution in [0.3, 0.4) is 0 Å². The molecule has 0 aliphatic carbocycles. The summed E-state index contributed by atoms with van der Waals surface area (Å²) >= 11 is 0. The molecule has 0 saturated heterocycles. The first kappa shape index (κ1) is 7.81. The lowest BCUT2D eigenvalue weighted by Gasteiger charge is -1.95. The molecule has 3 nitrogen and oxygen atoms in total. The number of nitriles is 1. The van der Waals surface area contributed by atoms with Gasteiger partial charge in [0.05, 0.1) is 22.7 Å². The van der Waals surface area contributed by atoms with Crippen molar-refractivity contribution in [2.24, 2.45) is 7.05 Å². The van der Waals surface area contributed by atoms with Crippen LogP contribution >= 0.6 is 0 Å². The molecule has 1 aromatic carbocycles. The zero-order valence-corrected chi connectivity index (χ0v) is 7.57. The first-order valence-corrected chi connectivity index (χ1v) is 4.05. The molecule has 2 rings (SSSR count). The van der Waals surface area contributed by atoms with E-state index in [0.29, 0.717) is 5.56 Å². The monoisotopic (exact) mass is 171 g/mol. The molecule has 2 aromatic rings. The zero-order chi connectivity index (χ0) is 9.42. The lowest BCUT2D eigenvalue weighted by atomic mass is 10.2. The van der Waals surface area contributed by atoms with Gasteiger partial charge in [-0.2, -0.15) is 5.26 Å². The van der Waals surface area contributed by atoms with E-state index in [-0.39, 0.29) is 0 Å². The molecule has 0 N–H and O–H groups in total. The predicted molar refractivity (Wildman–Crippen MR) is 50.2 cm³/mol. The molecule has 1 aromatic heterocycles. The first-order valence-electron chi connectivity index (χ1n) is 4.05. The largest absolute Gasteiger partial charge is 0.331 e. The highest BCUT2D eigenvalue weighted by Crippen LogP contribution is 2.15. The van der Waals surface area contributed by atoms with Gasteiger partial charge in [-0.25, -0.2) is 4.98 Å². The minimum atomic E-state index is 0.658. The maximum Gasteiger partial charge on any atom is 0.106 e. The van der Waals surface area contributed by atoms with Crippen molar-refractivity contribution >= 4 is 11.0 Å². The van der Waals surface area contributed by atoms with E-state index in [4.69, 9.17) is 5.26 Å². The summed E-state index contributed by atoms with van der Waals surface area (Å²) < 4.78 is 2.01. The quantitative estimate of drug-likeness (QED) is 0.606. The summed E-state index contributed by atoms with van der Waals surface area (Å²) in [5, 5.41) is 8.69. The van der Waals surface area contributed by atoms with Crippen LogP contribution in [0.5, 0.6) is 0 Å². The van der Waals surface area contributed by atoms with E-state index in [1.165, 1.54) is 0 Å². The summed E-state index contributed by atoms with van der Waals surface area (Å²) in [6, 6.07) is 7.64. The summed E-state index contributed by atoms with van der Waals surface area (Å²) in [5.74, 6) is 0.963. The molecule has 64 valence electrons. The second kappa shape index (κ2) is 2.60. The molecule has 0 aliphatic heterocycles. The molecule has 3 heteroatoms. The molecule has 0 unspecified atom stereocenters. The van der Waals surface area contributed by atoms with Crippen LogP contribution in [0.4, 0.5) is 0 Å². The van der Waals surface area contributed by atoms with Crippen LogP contribution in [0, 0.1) is 18.3 Å². The van der Waals surface area contributed by atoms with Crippen molar-refractivity contribution in [3.8, 4) is 6.07 Å². The van der Waals surface area contributed by atoms with Gasteiger partial charge in [-0.05, 0) is 25.1 Å². The Morgan fingerprint density at radius 2 is 2.23 bits per heavy atom. The van der Waals surface area contributed by atoms with E-state index in [1.54, 1.807) is 0 Å². The lowest BCUT2D eigenvalue weighted by Crippen LogP contribution is -1.89. The van der Waals surface area contributed by atoms with Gasteiger partial charge in [0.15, 0.2) is 0 Å². The van der Waals surface area contributed by atoms with E-state index in [1.807, 2.05) is 36.7 Å². The highest BCUT2D eigenvalue weighted by molar-refractivity contribution is 5.77. The summed E-state index contributed by atoms with van der Waals surface area (Å²) in [6.07, 6.45) is 0. The Labute approximate surface area is 76.2 Å². The van der Waals surface area contributed by atoms with Crippen LogP contribution in [0.1, 0.15) is 11.4 Å². The van der Waals surface area contributed by atoms with Crippen LogP contribution in [-0.2, 0) is 7.05 Å². The third-order valence-corrected chi connectivity index (χ3v) is 2.23. The number of benzene rings is 1. The average molecular weight is 171 g/mol. The maximum atomic E-state index is 8.69. The van der Waals surface area contributed by atoms with E-state index in [9.17, 15) is 0 Å². The Morgan fingerprint density at radius 1 is 1.46 bits per heavy atom. The summed E-state index contributed by atoms with van der Waals surface area (Å²) in [7, 11) is 1.97. The fourth-order valence-corrected chi connectivity index (χ4v) is 1.39. The third kappa shape index (κ3) is 1.07. The maximum absolute atomic E-state index is 8.69. The van der Waals surface area contributed by atoms with Crippen molar-refractivity contribution in [2.75, 3.05) is 0 Å². The minimum Gasteiger partial charge on any atom is -0.331 e. The van der Waals surface area contributed by atoms with Gasteiger partial charge in [-0.15, -0.1) is 0 Å². The number of hydrogen-bond acceptors (Lipinski definition) is 2. The number of rotatable bonds is 0. The zero-order valence-electron chi connectivity index (χ0n) is 7.57. The van der Waals surface area contributed by atoms with Crippen molar-refractivity contribution < 1.29 is 0 Å². The van der Waals surface area contributed by atoms with Crippen LogP contribution in [0.25, 0.3) is 11.0 Å². The SMILES string of the molecule is Cc1nc2cc(C#N)ccc2n1C. The molecule has 0 aliphatic rings. The van der Waals surface area contributed by atoms with Crippen LogP contribution < -0.4 is 0 Å². The molecular weight excluding hydrogens is 162 g/mol. The van der Waals surface area contributed by atoms with Gasteiger partial charge in [-0.3, -0.25) is 0 Å². The number of nitrogens with zero attached hydrogens (tertiary/aromatic N) is 3. The Hall–Kier alpha value is -1.82. The molecule has 0 spiro atoms. The fraction of sp³-hybridized carbons (Fsp3) is 0.200. The topological polar surface area (TPSA) is 41.6 Å². The van der Waals surface area contributed by atoms with Crippen molar-refractivity contribution in [3.63, 3.8) is 0 Å². The molecule has 0 radical (unpaired) electrons. The van der Waals surface area contributed by atoms with Crippen molar-refractivity contribution in [1.82, 2.24) is 9.55 Å². The average Bonchev–Trinajstić information content (AvgIpc) is 2.42. The second-order valence-corrected chi connectivity index (χ2v) is 3.03. The smallest absolute Gasteiger partial charge is 0.106 e. The Balaban J connectivity index is 2.82. The minimum absolute atomic E-state index is 0.658. The van der Waals surface area contributed by atoms with Crippen molar-refractivity contribution in [1.29, 1.82) is 5.26 Å². The molecule has 13 heavy (non-hydrogen) atoms. The molecule has 0 amide bonds. The Kier molecular flexibility index (Phi) is 1.56. The third-order valence-electron chi connectivity index (χ3n) is 2.23. The predicted octanol–water partition coefficient (Wildman–Crippen LogP) is 1.75. The highest BCUT2D eigenvalue weighted by Gasteiger charge is 2.03. The Morgan fingerprint density at radius 3 is 2.92 bits per heavy atom. The molecule has 0 saturated carbocycles. The van der Waals surface area contributed by atoms with Gasteiger partial charge in [0.2, 0.25) is 0 Å². The van der Waals surface area contributed by atoms with Crippen LogP contribution in [-0.4, -0.2) is 9.55 Å². The number of hydrogen-bond donors (Lipinski definition) is 0. The van der Waals surface area contributed by atoms with E-state index >= 15 is 0 Å². The van der Waals surface area contributed by atoms with Gasteiger partial charge in [0, 0.05) is 7.05 Å². The van der Waals surface area contributed by atoms with E-state index < -0.39 is 0 Å². The second-order valence-electron chi connectivity index (χ2n) is 3.03. The lowest BCUT2D eigenvalue weighted by molar-refractivity contribution is 0.886. The Bertz CT molecular complexity index is 503. The summed E-state index contributed by atoms with van der Waals surface area (Å²) in [5.41, 5.74) is 2.61. The van der Waals surface area contributed by atoms with Gasteiger partial charge in [0.1, 0.15) is 5.82 Å². The summed E-state index contributed by atoms with van der Waals surface area (Å²) in [4.78, 5) is 4.33. The van der Waals surface area contributed by atoms with Crippen LogP contribution in [0.15, 0.2) is 18.2 Å². The van der Waals surface area contributed by atoms with Gasteiger partial charge in [0.25, 0.3) is 0 Å². The standard InChI is InChI=1S/C10H9N3/c1-7-12-9-5-8(6-11)3-4-10(9)13(7)2/h3-5H,1-2H3. The number of imidazole rings is 1. The van der Waals surface area contributed by atoms with Crippen molar-refractivity contribution in [2.45, 2.75) is 6.92 Å². The first-order chi connectivity index (χ1) is 6.22.